The highest BCUT2D eigenvalue weighted by molar-refractivity contribution is 5.79. The molecule has 160 valence electrons. The first-order chi connectivity index (χ1) is 15.2. The number of aromatic nitrogens is 1. The van der Waals surface area contributed by atoms with Gasteiger partial charge in [-0.2, -0.15) is 4.89 Å². The molecule has 0 saturated heterocycles. The molecule has 0 aliphatic heterocycles. The summed E-state index contributed by atoms with van der Waals surface area (Å²) in [4.78, 5) is 24.4. The van der Waals surface area contributed by atoms with Crippen molar-refractivity contribution in [2.45, 2.75) is 19.6 Å². The third kappa shape index (κ3) is 5.76. The summed E-state index contributed by atoms with van der Waals surface area (Å²) >= 11 is 0. The van der Waals surface area contributed by atoms with Gasteiger partial charge in [-0.3, -0.25) is 0 Å². The predicted molar refractivity (Wildman–Crippen MR) is 120 cm³/mol. The largest absolute Gasteiger partial charge is 0.399 e. The molecule has 3 aromatic carbocycles. The quantitative estimate of drug-likeness (QED) is 0.151. The molecule has 0 amide bonds. The molecule has 7 nitrogen and oxygen atoms in total. The zero-order valence-corrected chi connectivity index (χ0v) is 17.0. The van der Waals surface area contributed by atoms with Gasteiger partial charge < -0.3 is 21.3 Å². The third-order valence-corrected chi connectivity index (χ3v) is 4.86. The molecule has 0 saturated carbocycles. The fourth-order valence-corrected chi connectivity index (χ4v) is 3.16. The van der Waals surface area contributed by atoms with Gasteiger partial charge >= 0.3 is 0 Å². The lowest BCUT2D eigenvalue weighted by Crippen LogP contribution is -2.03. The Morgan fingerprint density at radius 3 is 2.39 bits per heavy atom. The van der Waals surface area contributed by atoms with Gasteiger partial charge in [-0.05, 0) is 64.5 Å². The fraction of sp³-hybridized carbons (Fsp3) is 0.167. The normalized spacial score (nSPS) is 11.1. The fourth-order valence-electron chi connectivity index (χ4n) is 3.16. The Morgan fingerprint density at radius 1 is 0.742 bits per heavy atom. The molecule has 0 radical (unpaired) electrons. The lowest BCUT2D eigenvalue weighted by atomic mass is 10.1. The SMILES string of the molecule is Nc1ccc(CCOOCc2ccc(OOCc3ccc4[nH]ccc4c3)cc2)c(N)c1. The zero-order valence-electron chi connectivity index (χ0n) is 17.0. The van der Waals surface area contributed by atoms with Gasteiger partial charge in [0.05, 0.1) is 6.61 Å². The van der Waals surface area contributed by atoms with Crippen LogP contribution in [0, 0.1) is 0 Å². The number of rotatable bonds is 10. The van der Waals surface area contributed by atoms with E-state index in [1.807, 2.05) is 60.8 Å². The van der Waals surface area contributed by atoms with Crippen LogP contribution >= 0.6 is 0 Å². The Labute approximate surface area is 180 Å². The van der Waals surface area contributed by atoms with Crippen LogP contribution in [0.5, 0.6) is 5.75 Å². The van der Waals surface area contributed by atoms with Gasteiger partial charge in [0.1, 0.15) is 13.2 Å². The molecule has 7 heteroatoms. The molecule has 1 heterocycles. The summed E-state index contributed by atoms with van der Waals surface area (Å²) in [5.74, 6) is 0.617. The summed E-state index contributed by atoms with van der Waals surface area (Å²) in [5, 5.41) is 1.14. The summed E-state index contributed by atoms with van der Waals surface area (Å²) < 4.78 is 0. The van der Waals surface area contributed by atoms with Gasteiger partial charge in [0.15, 0.2) is 5.75 Å². The summed E-state index contributed by atoms with van der Waals surface area (Å²) in [5.41, 5.74) is 17.0. The van der Waals surface area contributed by atoms with Crippen molar-refractivity contribution in [3.63, 3.8) is 0 Å². The number of anilines is 2. The average molecular weight is 419 g/mol. The van der Waals surface area contributed by atoms with Gasteiger partial charge in [0.25, 0.3) is 0 Å². The van der Waals surface area contributed by atoms with E-state index in [1.54, 1.807) is 6.07 Å². The molecule has 4 aromatic rings. The van der Waals surface area contributed by atoms with E-state index in [-0.39, 0.29) is 0 Å². The number of aromatic amines is 1. The molecular weight excluding hydrogens is 394 g/mol. The first-order valence-electron chi connectivity index (χ1n) is 10.00. The lowest BCUT2D eigenvalue weighted by molar-refractivity contribution is -0.303. The Hall–Kier alpha value is -3.52. The maximum absolute atomic E-state index is 5.93. The summed E-state index contributed by atoms with van der Waals surface area (Å²) in [6, 6.07) is 21.0. The second-order valence-corrected chi connectivity index (χ2v) is 7.18. The van der Waals surface area contributed by atoms with E-state index >= 15 is 0 Å². The van der Waals surface area contributed by atoms with Crippen LogP contribution in [0.1, 0.15) is 16.7 Å². The van der Waals surface area contributed by atoms with Crippen molar-refractivity contribution in [2.24, 2.45) is 0 Å². The number of fused-ring (bicyclic) bond motifs is 1. The molecule has 0 atom stereocenters. The van der Waals surface area contributed by atoms with Crippen LogP contribution < -0.4 is 16.4 Å². The molecular formula is C24H25N3O4. The molecule has 0 aliphatic carbocycles. The van der Waals surface area contributed by atoms with Crippen LogP contribution in [0.25, 0.3) is 10.9 Å². The predicted octanol–water partition coefficient (Wildman–Crippen LogP) is 4.53. The topological polar surface area (TPSA) is 105 Å². The Morgan fingerprint density at radius 2 is 1.55 bits per heavy atom. The standard InChI is InChI=1S/C24H25N3O4/c25-21-5-4-19(23(26)14-21)10-12-28-29-15-17-1-6-22(7-2-17)31-30-16-18-3-8-24-20(13-18)9-11-27-24/h1-9,11,13-14,27H,10,12,15-16,25-26H2. The van der Waals surface area contributed by atoms with Crippen LogP contribution in [-0.2, 0) is 34.3 Å². The average Bonchev–Trinajstić information content (AvgIpc) is 3.24. The van der Waals surface area contributed by atoms with Crippen LogP contribution in [0.2, 0.25) is 0 Å². The van der Waals surface area contributed by atoms with E-state index in [2.05, 4.69) is 11.1 Å². The Kier molecular flexibility index (Phi) is 6.68. The molecule has 0 fully saturated rings. The molecule has 0 aliphatic rings. The van der Waals surface area contributed by atoms with Crippen LogP contribution in [0.15, 0.2) is 72.9 Å². The maximum Gasteiger partial charge on any atom is 0.165 e. The monoisotopic (exact) mass is 419 g/mol. The van der Waals surface area contributed by atoms with Crippen molar-refractivity contribution in [1.82, 2.24) is 4.98 Å². The highest BCUT2D eigenvalue weighted by atomic mass is 17.2. The minimum atomic E-state index is 0.328. The molecule has 1 aromatic heterocycles. The highest BCUT2D eigenvalue weighted by Gasteiger charge is 2.03. The maximum atomic E-state index is 5.93. The molecule has 31 heavy (non-hydrogen) atoms. The van der Waals surface area contributed by atoms with Gasteiger partial charge in [-0.25, -0.2) is 9.78 Å². The summed E-state index contributed by atoms with van der Waals surface area (Å²) in [6.45, 7) is 1.09. The number of H-pyrrole nitrogens is 1. The van der Waals surface area contributed by atoms with Crippen molar-refractivity contribution < 1.29 is 19.6 Å². The van der Waals surface area contributed by atoms with Gasteiger partial charge in [0, 0.05) is 29.5 Å². The number of nitrogen functional groups attached to an aromatic ring is 2. The van der Waals surface area contributed by atoms with E-state index < -0.39 is 0 Å². The van der Waals surface area contributed by atoms with E-state index in [4.69, 9.17) is 31.0 Å². The molecule has 5 N–H and O–H groups in total. The summed E-state index contributed by atoms with van der Waals surface area (Å²) in [6.07, 6.45) is 2.56. The number of nitrogens with two attached hydrogens (primary N) is 2. The van der Waals surface area contributed by atoms with E-state index in [9.17, 15) is 0 Å². The van der Waals surface area contributed by atoms with E-state index in [0.29, 0.717) is 43.4 Å². The number of benzene rings is 3. The zero-order chi connectivity index (χ0) is 21.5. The van der Waals surface area contributed by atoms with Crippen LogP contribution in [-0.4, -0.2) is 11.6 Å². The molecule has 0 unspecified atom stereocenters. The van der Waals surface area contributed by atoms with Crippen molar-refractivity contribution in [1.29, 1.82) is 0 Å². The van der Waals surface area contributed by atoms with Gasteiger partial charge in [0.2, 0.25) is 0 Å². The molecule has 4 rings (SSSR count). The highest BCUT2D eigenvalue weighted by Crippen LogP contribution is 2.18. The van der Waals surface area contributed by atoms with Crippen molar-refractivity contribution in [3.8, 4) is 5.75 Å². The van der Waals surface area contributed by atoms with Crippen molar-refractivity contribution in [3.05, 3.63) is 89.6 Å². The van der Waals surface area contributed by atoms with Crippen molar-refractivity contribution >= 4 is 22.3 Å². The molecule has 0 bridgehead atoms. The minimum absolute atomic E-state index is 0.328. The smallest absolute Gasteiger partial charge is 0.165 e. The number of hydrogen-bond acceptors (Lipinski definition) is 6. The number of hydrogen-bond donors (Lipinski definition) is 3. The first kappa shape index (κ1) is 20.7. The van der Waals surface area contributed by atoms with Crippen LogP contribution in [0.3, 0.4) is 0 Å². The van der Waals surface area contributed by atoms with Gasteiger partial charge in [-0.1, -0.05) is 24.3 Å². The van der Waals surface area contributed by atoms with E-state index in [0.717, 1.165) is 27.6 Å². The third-order valence-electron chi connectivity index (χ3n) is 4.86. The summed E-state index contributed by atoms with van der Waals surface area (Å²) in [7, 11) is 0. The van der Waals surface area contributed by atoms with Crippen LogP contribution in [0.4, 0.5) is 11.4 Å². The number of nitrogens with one attached hydrogen (secondary N) is 1. The van der Waals surface area contributed by atoms with E-state index in [1.165, 1.54) is 0 Å². The lowest BCUT2D eigenvalue weighted by Gasteiger charge is -2.08. The van der Waals surface area contributed by atoms with Crippen molar-refractivity contribution in [2.75, 3.05) is 18.1 Å². The molecule has 0 spiro atoms. The minimum Gasteiger partial charge on any atom is -0.399 e. The van der Waals surface area contributed by atoms with Gasteiger partial charge in [-0.15, -0.1) is 0 Å². The second kappa shape index (κ2) is 9.99. The Balaban J connectivity index is 1.15. The first-order valence-corrected chi connectivity index (χ1v) is 10.00. The Bertz CT molecular complexity index is 1130. The second-order valence-electron chi connectivity index (χ2n) is 7.18.